The monoisotopic (exact) mass is 360 g/mol. The third kappa shape index (κ3) is 2.59. The highest BCUT2D eigenvalue weighted by Crippen LogP contribution is 2.71. The quantitative estimate of drug-likeness (QED) is 0.747. The fraction of sp³-hybridized carbons (Fsp3) is 0.714. The van der Waals surface area contributed by atoms with E-state index < -0.39 is 10.1 Å². The van der Waals surface area contributed by atoms with E-state index >= 15 is 0 Å². The largest absolute Gasteiger partial charge is 0.294 e. The van der Waals surface area contributed by atoms with Gasteiger partial charge in [0.2, 0.25) is 0 Å². The van der Waals surface area contributed by atoms with Gasteiger partial charge < -0.3 is 0 Å². The summed E-state index contributed by atoms with van der Waals surface area (Å²) in [5.74, 6) is 9.74. The van der Waals surface area contributed by atoms with Crippen molar-refractivity contribution < 1.29 is 13.0 Å². The molecule has 4 heteroatoms. The SMILES string of the molecule is C1C2CC3C4CC5CC(C14)C(C2)C3C5.Cc1ccc(S(=O)(=O)O)cc1. The summed E-state index contributed by atoms with van der Waals surface area (Å²) in [5, 5.41) is 0. The van der Waals surface area contributed by atoms with Crippen LogP contribution in [0, 0.1) is 54.3 Å². The molecule has 7 aliphatic rings. The molecule has 0 saturated heterocycles. The minimum atomic E-state index is -4.02. The molecule has 0 amide bonds. The normalized spacial score (nSPS) is 45.4. The molecule has 7 saturated carbocycles. The van der Waals surface area contributed by atoms with Gasteiger partial charge in [-0.05, 0) is 105 Å². The van der Waals surface area contributed by atoms with Crippen molar-refractivity contribution in [2.24, 2.45) is 47.3 Å². The molecule has 0 aromatic heterocycles. The molecule has 7 fully saturated rings. The lowest BCUT2D eigenvalue weighted by Gasteiger charge is -2.69. The molecule has 0 spiro atoms. The first-order valence-electron chi connectivity index (χ1n) is 9.94. The van der Waals surface area contributed by atoms with Crippen molar-refractivity contribution >= 4 is 10.1 Å². The smallest absolute Gasteiger partial charge is 0.282 e. The van der Waals surface area contributed by atoms with Crippen molar-refractivity contribution in [2.45, 2.75) is 50.3 Å². The molecule has 1 N–H and O–H groups in total. The highest BCUT2D eigenvalue weighted by Gasteiger charge is 2.63. The van der Waals surface area contributed by atoms with Gasteiger partial charge in [0.05, 0.1) is 4.90 Å². The first-order chi connectivity index (χ1) is 11.9. The molecule has 136 valence electrons. The van der Waals surface area contributed by atoms with Gasteiger partial charge in [0.15, 0.2) is 0 Å². The van der Waals surface area contributed by atoms with E-state index in [1.165, 1.54) is 59.5 Å². The zero-order valence-electron chi connectivity index (χ0n) is 14.8. The van der Waals surface area contributed by atoms with Crippen LogP contribution in [0.15, 0.2) is 29.2 Å². The Morgan fingerprint density at radius 1 is 0.720 bits per heavy atom. The van der Waals surface area contributed by atoms with Crippen LogP contribution in [-0.2, 0) is 10.1 Å². The van der Waals surface area contributed by atoms with Gasteiger partial charge in [0.25, 0.3) is 10.1 Å². The third-order valence-electron chi connectivity index (χ3n) is 8.25. The molecule has 0 atom stereocenters. The zero-order chi connectivity index (χ0) is 17.3. The van der Waals surface area contributed by atoms with Crippen molar-refractivity contribution in [3.8, 4) is 0 Å². The number of benzene rings is 1. The van der Waals surface area contributed by atoms with E-state index in [1.54, 1.807) is 50.7 Å². The average molecular weight is 361 g/mol. The summed E-state index contributed by atoms with van der Waals surface area (Å²) in [6.45, 7) is 1.84. The summed E-state index contributed by atoms with van der Waals surface area (Å²) in [6, 6.07) is 5.99. The predicted molar refractivity (Wildman–Crippen MR) is 96.6 cm³/mol. The van der Waals surface area contributed by atoms with Crippen LogP contribution < -0.4 is 0 Å². The number of hydrogen-bond acceptors (Lipinski definition) is 2. The number of rotatable bonds is 1. The molecule has 1 aromatic carbocycles. The lowest BCUT2D eigenvalue weighted by molar-refractivity contribution is -0.202. The first kappa shape index (κ1) is 16.3. The van der Waals surface area contributed by atoms with Crippen LogP contribution in [0.25, 0.3) is 0 Å². The maximum absolute atomic E-state index is 10.5. The molecular weight excluding hydrogens is 332 g/mol. The van der Waals surface area contributed by atoms with E-state index in [4.69, 9.17) is 4.55 Å². The number of aryl methyl sites for hydroxylation is 1. The van der Waals surface area contributed by atoms with Gasteiger partial charge in [-0.1, -0.05) is 17.7 Å². The van der Waals surface area contributed by atoms with Crippen molar-refractivity contribution in [1.82, 2.24) is 0 Å². The Balaban J connectivity index is 0.000000117. The topological polar surface area (TPSA) is 54.4 Å². The molecule has 0 aliphatic heterocycles. The molecule has 3 nitrogen and oxygen atoms in total. The summed E-state index contributed by atoms with van der Waals surface area (Å²) < 4.78 is 29.6. The van der Waals surface area contributed by atoms with Gasteiger partial charge in [0.1, 0.15) is 0 Å². The summed E-state index contributed by atoms with van der Waals surface area (Å²) >= 11 is 0. The van der Waals surface area contributed by atoms with Crippen LogP contribution in [-0.4, -0.2) is 13.0 Å². The van der Waals surface area contributed by atoms with Gasteiger partial charge in [-0.2, -0.15) is 8.42 Å². The van der Waals surface area contributed by atoms with Crippen LogP contribution in [0.4, 0.5) is 0 Å². The predicted octanol–water partition coefficient (Wildman–Crippen LogP) is 4.57. The average Bonchev–Trinajstić information content (AvgIpc) is 2.59. The van der Waals surface area contributed by atoms with Crippen LogP contribution in [0.2, 0.25) is 0 Å². The standard InChI is InChI=1S/C14H20.C7H8O3S/c1-7-2-12-10-4-8-5-11(9(1)10)13(3-7)14(12)6-8;1-6-2-4-7(5-3-6)11(8,9)10/h7-14H,1-6H2;2-5H,1H3,(H,8,9,10). The molecule has 1 aromatic rings. The van der Waals surface area contributed by atoms with E-state index in [1.807, 2.05) is 6.92 Å². The summed E-state index contributed by atoms with van der Waals surface area (Å²) in [7, 11) is -4.02. The van der Waals surface area contributed by atoms with Crippen molar-refractivity contribution in [2.75, 3.05) is 0 Å². The summed E-state index contributed by atoms with van der Waals surface area (Å²) in [5.41, 5.74) is 0.956. The molecule has 0 heterocycles. The molecule has 8 bridgehead atoms. The Hall–Kier alpha value is -0.870. The summed E-state index contributed by atoms with van der Waals surface area (Å²) in [4.78, 5) is -0.0666. The molecule has 25 heavy (non-hydrogen) atoms. The van der Waals surface area contributed by atoms with E-state index in [2.05, 4.69) is 0 Å². The van der Waals surface area contributed by atoms with Gasteiger partial charge in [-0.25, -0.2) is 0 Å². The second kappa shape index (κ2) is 5.56. The van der Waals surface area contributed by atoms with E-state index in [0.717, 1.165) is 5.56 Å². The van der Waals surface area contributed by atoms with E-state index in [9.17, 15) is 8.42 Å². The lowest BCUT2D eigenvalue weighted by Crippen LogP contribution is -2.62. The second-order valence-corrected chi connectivity index (χ2v) is 10.8. The molecule has 8 rings (SSSR count). The Morgan fingerprint density at radius 2 is 1.04 bits per heavy atom. The Bertz CT molecular complexity index is 679. The minimum Gasteiger partial charge on any atom is -0.282 e. The Morgan fingerprint density at radius 3 is 1.32 bits per heavy atom. The number of hydrogen-bond donors (Lipinski definition) is 1. The molecular formula is C21H28O3S. The van der Waals surface area contributed by atoms with Gasteiger partial charge in [-0.3, -0.25) is 4.55 Å². The maximum Gasteiger partial charge on any atom is 0.294 e. The van der Waals surface area contributed by atoms with Gasteiger partial charge in [-0.15, -0.1) is 0 Å². The maximum atomic E-state index is 10.5. The highest BCUT2D eigenvalue weighted by molar-refractivity contribution is 7.85. The van der Waals surface area contributed by atoms with Crippen molar-refractivity contribution in [3.63, 3.8) is 0 Å². The Labute approximate surface area is 151 Å². The van der Waals surface area contributed by atoms with E-state index in [0.29, 0.717) is 0 Å². The lowest BCUT2D eigenvalue weighted by atomic mass is 9.36. The Kier molecular flexibility index (Phi) is 3.63. The van der Waals surface area contributed by atoms with Crippen LogP contribution in [0.5, 0.6) is 0 Å². The minimum absolute atomic E-state index is 0.0666. The van der Waals surface area contributed by atoms with Crippen LogP contribution in [0.3, 0.4) is 0 Å². The molecule has 7 aliphatic carbocycles. The van der Waals surface area contributed by atoms with Crippen LogP contribution in [0.1, 0.15) is 44.1 Å². The molecule has 0 unspecified atom stereocenters. The molecule has 0 radical (unpaired) electrons. The van der Waals surface area contributed by atoms with Crippen LogP contribution >= 0.6 is 0 Å². The van der Waals surface area contributed by atoms with Crippen molar-refractivity contribution in [3.05, 3.63) is 29.8 Å². The summed E-state index contributed by atoms with van der Waals surface area (Å²) in [6.07, 6.45) is 9.93. The fourth-order valence-corrected chi connectivity index (χ4v) is 8.08. The highest BCUT2D eigenvalue weighted by atomic mass is 32.2. The fourth-order valence-electron chi connectivity index (χ4n) is 7.60. The van der Waals surface area contributed by atoms with Crippen molar-refractivity contribution in [1.29, 1.82) is 0 Å². The van der Waals surface area contributed by atoms with Gasteiger partial charge in [0, 0.05) is 0 Å². The second-order valence-electron chi connectivity index (χ2n) is 9.42. The van der Waals surface area contributed by atoms with Gasteiger partial charge >= 0.3 is 0 Å². The first-order valence-corrected chi connectivity index (χ1v) is 11.4. The third-order valence-corrected chi connectivity index (χ3v) is 9.12. The zero-order valence-corrected chi connectivity index (χ0v) is 15.7. The van der Waals surface area contributed by atoms with E-state index in [-0.39, 0.29) is 4.90 Å².